The molecule has 2 aromatic rings. The zero-order chi connectivity index (χ0) is 15.4. The average Bonchev–Trinajstić information content (AvgIpc) is 2.56. The summed E-state index contributed by atoms with van der Waals surface area (Å²) in [6, 6.07) is 10.9. The van der Waals surface area contributed by atoms with Gasteiger partial charge in [-0.05, 0) is 24.6 Å². The molecule has 1 unspecified atom stereocenters. The van der Waals surface area contributed by atoms with E-state index in [1.165, 1.54) is 16.7 Å². The Labute approximate surface area is 144 Å². The molecule has 1 aromatic carbocycles. The van der Waals surface area contributed by atoms with Crippen molar-refractivity contribution in [2.24, 2.45) is 0 Å². The Morgan fingerprint density at radius 2 is 2.22 bits per heavy atom. The van der Waals surface area contributed by atoms with Crippen LogP contribution in [0.15, 0.2) is 42.7 Å². The zero-order valence-electron chi connectivity index (χ0n) is 13.7. The molecule has 5 heteroatoms. The number of rotatable bonds is 4. The summed E-state index contributed by atoms with van der Waals surface area (Å²) in [6.45, 7) is 6.02. The lowest BCUT2D eigenvalue weighted by Crippen LogP contribution is -2.45. The van der Waals surface area contributed by atoms with E-state index in [2.05, 4.69) is 46.4 Å². The molecule has 124 valence electrons. The third-order valence-corrected chi connectivity index (χ3v) is 4.23. The lowest BCUT2D eigenvalue weighted by Gasteiger charge is -2.36. The van der Waals surface area contributed by atoms with Gasteiger partial charge in [0.05, 0.1) is 7.11 Å². The molecule has 1 aliphatic rings. The minimum Gasteiger partial charge on any atom is -0.496 e. The third kappa shape index (κ3) is 4.22. The number of hydrogen-bond acceptors (Lipinski definition) is 4. The monoisotopic (exact) mass is 333 g/mol. The molecule has 0 radical (unpaired) electrons. The number of nitrogens with zero attached hydrogens (tertiary/aromatic N) is 2. The van der Waals surface area contributed by atoms with E-state index in [1.54, 1.807) is 7.11 Å². The van der Waals surface area contributed by atoms with E-state index in [-0.39, 0.29) is 12.4 Å². The predicted octanol–water partition coefficient (Wildman–Crippen LogP) is 2.97. The van der Waals surface area contributed by atoms with Crippen LogP contribution in [0.25, 0.3) is 0 Å². The summed E-state index contributed by atoms with van der Waals surface area (Å²) >= 11 is 0. The third-order valence-electron chi connectivity index (χ3n) is 4.23. The van der Waals surface area contributed by atoms with E-state index >= 15 is 0 Å². The van der Waals surface area contributed by atoms with Gasteiger partial charge in [-0.2, -0.15) is 0 Å². The fourth-order valence-electron chi connectivity index (χ4n) is 3.09. The van der Waals surface area contributed by atoms with Crippen LogP contribution in [0.1, 0.15) is 22.7 Å². The number of aryl methyl sites for hydroxylation is 1. The lowest BCUT2D eigenvalue weighted by atomic mass is 10.0. The molecule has 2 heterocycles. The van der Waals surface area contributed by atoms with Crippen molar-refractivity contribution in [3.05, 3.63) is 59.4 Å². The molecule has 1 aliphatic heterocycles. The van der Waals surface area contributed by atoms with Crippen molar-refractivity contribution in [1.29, 1.82) is 0 Å². The van der Waals surface area contributed by atoms with E-state index in [9.17, 15) is 0 Å². The summed E-state index contributed by atoms with van der Waals surface area (Å²) in [5.74, 6) is 0.967. The number of piperazine rings is 1. The van der Waals surface area contributed by atoms with Crippen molar-refractivity contribution in [1.82, 2.24) is 15.2 Å². The number of methoxy groups -OCH3 is 1. The Bertz CT molecular complexity index is 621. The van der Waals surface area contributed by atoms with Crippen LogP contribution in [0.5, 0.6) is 5.75 Å². The maximum atomic E-state index is 5.53. The molecule has 1 saturated heterocycles. The molecule has 1 aromatic heterocycles. The predicted molar refractivity (Wildman–Crippen MR) is 95.2 cm³/mol. The average molecular weight is 334 g/mol. The van der Waals surface area contributed by atoms with Crippen molar-refractivity contribution >= 4 is 12.4 Å². The highest BCUT2D eigenvalue weighted by Crippen LogP contribution is 2.27. The van der Waals surface area contributed by atoms with E-state index in [0.29, 0.717) is 6.04 Å². The van der Waals surface area contributed by atoms with Gasteiger partial charge in [0.2, 0.25) is 0 Å². The van der Waals surface area contributed by atoms with Crippen LogP contribution < -0.4 is 10.1 Å². The highest BCUT2D eigenvalue weighted by atomic mass is 35.5. The van der Waals surface area contributed by atoms with Crippen LogP contribution >= 0.6 is 12.4 Å². The number of hydrogen-bond donors (Lipinski definition) is 1. The van der Waals surface area contributed by atoms with Crippen molar-refractivity contribution in [3.63, 3.8) is 0 Å². The molecule has 1 fully saturated rings. The Kier molecular flexibility index (Phi) is 6.39. The van der Waals surface area contributed by atoms with Crippen LogP contribution in [0, 0.1) is 6.92 Å². The van der Waals surface area contributed by atoms with Gasteiger partial charge >= 0.3 is 0 Å². The van der Waals surface area contributed by atoms with Crippen molar-refractivity contribution < 1.29 is 4.74 Å². The minimum atomic E-state index is 0. The maximum Gasteiger partial charge on any atom is 0.123 e. The second-order valence-electron chi connectivity index (χ2n) is 5.79. The number of benzene rings is 1. The largest absolute Gasteiger partial charge is 0.496 e. The van der Waals surface area contributed by atoms with Crippen molar-refractivity contribution in [3.8, 4) is 5.75 Å². The van der Waals surface area contributed by atoms with Crippen LogP contribution in [-0.2, 0) is 6.54 Å². The van der Waals surface area contributed by atoms with Gasteiger partial charge in [-0.1, -0.05) is 23.8 Å². The number of nitrogens with one attached hydrogen (secondary N) is 1. The first-order valence-electron chi connectivity index (χ1n) is 7.76. The summed E-state index contributed by atoms with van der Waals surface area (Å²) in [7, 11) is 1.74. The van der Waals surface area contributed by atoms with Gasteiger partial charge in [0.1, 0.15) is 5.75 Å². The maximum absolute atomic E-state index is 5.53. The van der Waals surface area contributed by atoms with Crippen LogP contribution in [0.3, 0.4) is 0 Å². The summed E-state index contributed by atoms with van der Waals surface area (Å²) in [4.78, 5) is 6.77. The number of ether oxygens (including phenoxy) is 1. The summed E-state index contributed by atoms with van der Waals surface area (Å²) < 4.78 is 5.53. The second kappa shape index (κ2) is 8.29. The Morgan fingerprint density at radius 1 is 1.35 bits per heavy atom. The van der Waals surface area contributed by atoms with Gasteiger partial charge in [0.15, 0.2) is 0 Å². The smallest absolute Gasteiger partial charge is 0.123 e. The van der Waals surface area contributed by atoms with E-state index in [4.69, 9.17) is 4.74 Å². The SMILES string of the molecule is COc1ccc(C)cc1CN1CCNCC1c1cccnc1.Cl. The molecule has 0 aliphatic carbocycles. The first-order chi connectivity index (χ1) is 10.8. The molecule has 0 bridgehead atoms. The molecule has 0 amide bonds. The van der Waals surface area contributed by atoms with Gasteiger partial charge < -0.3 is 10.1 Å². The van der Waals surface area contributed by atoms with E-state index in [1.807, 2.05) is 18.5 Å². The molecule has 1 N–H and O–H groups in total. The molecule has 0 saturated carbocycles. The molecular weight excluding hydrogens is 310 g/mol. The van der Waals surface area contributed by atoms with E-state index < -0.39 is 0 Å². The standard InChI is InChI=1S/C18H23N3O.ClH/c1-14-5-6-18(22-2)16(10-14)13-21-9-8-20-12-17(21)15-4-3-7-19-11-15;/h3-7,10-11,17,20H,8-9,12-13H2,1-2H3;1H. The van der Waals surface area contributed by atoms with Gasteiger partial charge in [-0.15, -0.1) is 12.4 Å². The summed E-state index contributed by atoms with van der Waals surface area (Å²) in [5, 5.41) is 3.49. The molecule has 3 rings (SSSR count). The highest BCUT2D eigenvalue weighted by Gasteiger charge is 2.24. The second-order valence-corrected chi connectivity index (χ2v) is 5.79. The Morgan fingerprint density at radius 3 is 2.96 bits per heavy atom. The molecule has 0 spiro atoms. The van der Waals surface area contributed by atoms with Gasteiger partial charge in [-0.25, -0.2) is 0 Å². The molecule has 1 atom stereocenters. The lowest BCUT2D eigenvalue weighted by molar-refractivity contribution is 0.152. The van der Waals surface area contributed by atoms with E-state index in [0.717, 1.165) is 31.9 Å². The van der Waals surface area contributed by atoms with Crippen molar-refractivity contribution in [2.75, 3.05) is 26.7 Å². The van der Waals surface area contributed by atoms with Crippen LogP contribution in [0.2, 0.25) is 0 Å². The van der Waals surface area contributed by atoms with Gasteiger partial charge in [0.25, 0.3) is 0 Å². The van der Waals surface area contributed by atoms with Gasteiger partial charge in [0, 0.05) is 50.2 Å². The number of pyridine rings is 1. The fourth-order valence-corrected chi connectivity index (χ4v) is 3.09. The Hall–Kier alpha value is -1.62. The quantitative estimate of drug-likeness (QED) is 0.933. The topological polar surface area (TPSA) is 37.4 Å². The Balaban J connectivity index is 0.00000192. The van der Waals surface area contributed by atoms with Gasteiger partial charge in [-0.3, -0.25) is 9.88 Å². The zero-order valence-corrected chi connectivity index (χ0v) is 14.5. The fraction of sp³-hybridized carbons (Fsp3) is 0.389. The summed E-state index contributed by atoms with van der Waals surface area (Å²) in [6.07, 6.45) is 3.80. The van der Waals surface area contributed by atoms with Crippen molar-refractivity contribution in [2.45, 2.75) is 19.5 Å². The normalized spacial score (nSPS) is 18.3. The number of halogens is 1. The highest BCUT2D eigenvalue weighted by molar-refractivity contribution is 5.85. The minimum absolute atomic E-state index is 0. The molecule has 4 nitrogen and oxygen atoms in total. The van der Waals surface area contributed by atoms with Crippen LogP contribution in [-0.4, -0.2) is 36.6 Å². The first-order valence-corrected chi connectivity index (χ1v) is 7.76. The molecule has 23 heavy (non-hydrogen) atoms. The van der Waals surface area contributed by atoms with Crippen LogP contribution in [0.4, 0.5) is 0 Å². The first kappa shape index (κ1) is 17.7. The molecular formula is C18H24ClN3O. The number of aromatic nitrogens is 1. The summed E-state index contributed by atoms with van der Waals surface area (Å²) in [5.41, 5.74) is 3.78.